The van der Waals surface area contributed by atoms with Gasteiger partial charge in [-0.1, -0.05) is 0 Å². The number of benzene rings is 1. The molecule has 0 atom stereocenters. The number of fused-ring (bicyclic) bond motifs is 1. The predicted molar refractivity (Wildman–Crippen MR) is 73.4 cm³/mol. The van der Waals surface area contributed by atoms with Gasteiger partial charge in [0.05, 0.1) is 16.6 Å². The summed E-state index contributed by atoms with van der Waals surface area (Å²) in [7, 11) is 0. The molecule has 1 aromatic carbocycles. The first-order chi connectivity index (χ1) is 9.56. The molecule has 0 aliphatic heterocycles. The largest absolute Gasteiger partial charge is 0.478 e. The number of carboxylic acid groups (broad SMARTS) is 1. The van der Waals surface area contributed by atoms with E-state index in [2.05, 4.69) is 9.97 Å². The maximum Gasteiger partial charge on any atom is 0.335 e. The number of nitrogens with one attached hydrogen (secondary N) is 1. The number of aromatic nitrogens is 3. The van der Waals surface area contributed by atoms with Crippen LogP contribution in [0.3, 0.4) is 0 Å². The minimum Gasteiger partial charge on any atom is -0.478 e. The Kier molecular flexibility index (Phi) is 2.64. The fraction of sp³-hybridized carbons (Fsp3) is 0.0714. The summed E-state index contributed by atoms with van der Waals surface area (Å²) in [6, 6.07) is 8.13. The first-order valence-electron chi connectivity index (χ1n) is 5.97. The summed E-state index contributed by atoms with van der Waals surface area (Å²) in [5.41, 5.74) is 1.83. The van der Waals surface area contributed by atoms with Gasteiger partial charge in [0.25, 0.3) is 0 Å². The lowest BCUT2D eigenvalue weighted by Gasteiger charge is -2.03. The highest BCUT2D eigenvalue weighted by molar-refractivity contribution is 5.92. The summed E-state index contributed by atoms with van der Waals surface area (Å²) in [6.45, 7) is 1.91. The van der Waals surface area contributed by atoms with Gasteiger partial charge in [-0.25, -0.2) is 19.1 Å². The van der Waals surface area contributed by atoms with E-state index in [0.29, 0.717) is 16.9 Å². The monoisotopic (exact) mass is 269 g/mol. The van der Waals surface area contributed by atoms with E-state index < -0.39 is 5.97 Å². The molecule has 3 aromatic rings. The van der Waals surface area contributed by atoms with Gasteiger partial charge in [0.2, 0.25) is 0 Å². The van der Waals surface area contributed by atoms with E-state index in [9.17, 15) is 9.59 Å². The highest BCUT2D eigenvalue weighted by Crippen LogP contribution is 2.16. The van der Waals surface area contributed by atoms with Gasteiger partial charge >= 0.3 is 11.7 Å². The van der Waals surface area contributed by atoms with E-state index in [1.807, 2.05) is 13.0 Å². The molecule has 100 valence electrons. The van der Waals surface area contributed by atoms with Crippen LogP contribution in [0.4, 0.5) is 0 Å². The van der Waals surface area contributed by atoms with Crippen molar-refractivity contribution in [3.8, 4) is 5.82 Å². The number of hydrogen-bond acceptors (Lipinski definition) is 3. The Morgan fingerprint density at radius 3 is 2.80 bits per heavy atom. The number of aromatic amines is 1. The second-order valence-electron chi connectivity index (χ2n) is 4.49. The average Bonchev–Trinajstić information content (AvgIpc) is 2.73. The average molecular weight is 269 g/mol. The molecule has 2 aromatic heterocycles. The molecular weight excluding hydrogens is 258 g/mol. The molecule has 0 fully saturated rings. The Labute approximate surface area is 113 Å². The highest BCUT2D eigenvalue weighted by atomic mass is 16.4. The second-order valence-corrected chi connectivity index (χ2v) is 4.49. The first kappa shape index (κ1) is 12.2. The number of H-pyrrole nitrogens is 1. The number of carbonyl (C=O) groups is 1. The number of nitrogens with zero attached hydrogens (tertiary/aromatic N) is 2. The third-order valence-corrected chi connectivity index (χ3v) is 3.06. The third-order valence-electron chi connectivity index (χ3n) is 3.06. The van der Waals surface area contributed by atoms with Crippen LogP contribution in [0.5, 0.6) is 0 Å². The standard InChI is InChI=1S/C14H11N3O3/c1-8-4-5-15-12(6-8)17-11-3-2-9(13(18)19)7-10(11)16-14(17)20/h2-7H,1H3,(H,16,20)(H,18,19). The Morgan fingerprint density at radius 1 is 1.30 bits per heavy atom. The van der Waals surface area contributed by atoms with E-state index in [-0.39, 0.29) is 11.3 Å². The fourth-order valence-electron chi connectivity index (χ4n) is 2.11. The van der Waals surface area contributed by atoms with Crippen molar-refractivity contribution in [1.29, 1.82) is 0 Å². The van der Waals surface area contributed by atoms with E-state index in [1.165, 1.54) is 16.7 Å². The van der Waals surface area contributed by atoms with Crippen LogP contribution in [0.25, 0.3) is 16.9 Å². The second kappa shape index (κ2) is 4.34. The molecule has 0 bridgehead atoms. The van der Waals surface area contributed by atoms with Gasteiger partial charge < -0.3 is 10.1 Å². The molecule has 0 unspecified atom stereocenters. The summed E-state index contributed by atoms with van der Waals surface area (Å²) < 4.78 is 1.42. The molecule has 2 heterocycles. The van der Waals surface area contributed by atoms with Crippen LogP contribution in [0, 0.1) is 6.92 Å². The lowest BCUT2D eigenvalue weighted by Crippen LogP contribution is -2.15. The van der Waals surface area contributed by atoms with Crippen molar-refractivity contribution in [3.63, 3.8) is 0 Å². The minimum atomic E-state index is -1.03. The highest BCUT2D eigenvalue weighted by Gasteiger charge is 2.12. The van der Waals surface area contributed by atoms with Gasteiger partial charge in [0.15, 0.2) is 0 Å². The number of hydrogen-bond donors (Lipinski definition) is 2. The van der Waals surface area contributed by atoms with Crippen molar-refractivity contribution < 1.29 is 9.90 Å². The number of pyridine rings is 1. The molecular formula is C14H11N3O3. The van der Waals surface area contributed by atoms with Crippen molar-refractivity contribution in [2.75, 3.05) is 0 Å². The molecule has 0 radical (unpaired) electrons. The topological polar surface area (TPSA) is 88.0 Å². The zero-order valence-corrected chi connectivity index (χ0v) is 10.6. The van der Waals surface area contributed by atoms with E-state index in [1.54, 1.807) is 18.3 Å². The molecule has 6 nitrogen and oxygen atoms in total. The molecule has 0 saturated carbocycles. The number of aryl methyl sites for hydroxylation is 1. The lowest BCUT2D eigenvalue weighted by molar-refractivity contribution is 0.0697. The van der Waals surface area contributed by atoms with Gasteiger partial charge in [-0.3, -0.25) is 0 Å². The van der Waals surface area contributed by atoms with Crippen LogP contribution in [0.2, 0.25) is 0 Å². The summed E-state index contributed by atoms with van der Waals surface area (Å²) in [5, 5.41) is 8.96. The van der Waals surface area contributed by atoms with Crippen molar-refractivity contribution in [2.24, 2.45) is 0 Å². The number of aromatic carboxylic acids is 1. The van der Waals surface area contributed by atoms with Crippen molar-refractivity contribution in [1.82, 2.24) is 14.5 Å². The Bertz CT molecular complexity index is 877. The minimum absolute atomic E-state index is 0.128. The van der Waals surface area contributed by atoms with Gasteiger partial charge in [0, 0.05) is 6.20 Å². The number of carboxylic acids is 1. The van der Waals surface area contributed by atoms with Crippen LogP contribution in [-0.2, 0) is 0 Å². The molecule has 0 saturated heterocycles. The molecule has 0 aliphatic rings. The summed E-state index contributed by atoms with van der Waals surface area (Å²) in [6.07, 6.45) is 1.63. The zero-order chi connectivity index (χ0) is 14.3. The number of rotatable bonds is 2. The normalized spacial score (nSPS) is 10.8. The predicted octanol–water partition coefficient (Wildman–Crippen LogP) is 1.72. The van der Waals surface area contributed by atoms with Crippen LogP contribution < -0.4 is 5.69 Å². The van der Waals surface area contributed by atoms with Crippen molar-refractivity contribution in [3.05, 3.63) is 58.1 Å². The molecule has 0 spiro atoms. The van der Waals surface area contributed by atoms with Crippen molar-refractivity contribution in [2.45, 2.75) is 6.92 Å². The Morgan fingerprint density at radius 2 is 2.10 bits per heavy atom. The molecule has 6 heteroatoms. The van der Waals surface area contributed by atoms with Crippen LogP contribution in [0.1, 0.15) is 15.9 Å². The molecule has 3 rings (SSSR count). The number of imidazole rings is 1. The molecule has 0 aliphatic carbocycles. The van der Waals surface area contributed by atoms with Gasteiger partial charge in [-0.05, 0) is 42.8 Å². The molecule has 20 heavy (non-hydrogen) atoms. The summed E-state index contributed by atoms with van der Waals surface area (Å²) >= 11 is 0. The Hall–Kier alpha value is -2.89. The summed E-state index contributed by atoms with van der Waals surface area (Å²) in [4.78, 5) is 29.8. The SMILES string of the molecule is Cc1ccnc(-n2c(=O)[nH]c3cc(C(=O)O)ccc32)c1. The maximum atomic E-state index is 12.1. The quantitative estimate of drug-likeness (QED) is 0.741. The van der Waals surface area contributed by atoms with Crippen LogP contribution >= 0.6 is 0 Å². The zero-order valence-electron chi connectivity index (χ0n) is 10.6. The van der Waals surface area contributed by atoms with Crippen molar-refractivity contribution >= 4 is 17.0 Å². The van der Waals surface area contributed by atoms with E-state index in [0.717, 1.165) is 5.56 Å². The summed E-state index contributed by atoms with van der Waals surface area (Å²) in [5.74, 6) is -0.529. The van der Waals surface area contributed by atoms with Crippen LogP contribution in [-0.4, -0.2) is 25.6 Å². The van der Waals surface area contributed by atoms with Gasteiger partial charge in [0.1, 0.15) is 5.82 Å². The van der Waals surface area contributed by atoms with E-state index in [4.69, 9.17) is 5.11 Å². The third kappa shape index (κ3) is 1.87. The lowest BCUT2D eigenvalue weighted by atomic mass is 10.2. The van der Waals surface area contributed by atoms with Crippen LogP contribution in [0.15, 0.2) is 41.3 Å². The maximum absolute atomic E-state index is 12.1. The molecule has 2 N–H and O–H groups in total. The molecule has 0 amide bonds. The smallest absolute Gasteiger partial charge is 0.335 e. The first-order valence-corrected chi connectivity index (χ1v) is 5.97. The van der Waals surface area contributed by atoms with Gasteiger partial charge in [-0.2, -0.15) is 0 Å². The Balaban J connectivity index is 2.29. The fourth-order valence-corrected chi connectivity index (χ4v) is 2.11. The van der Waals surface area contributed by atoms with E-state index >= 15 is 0 Å². The van der Waals surface area contributed by atoms with Gasteiger partial charge in [-0.15, -0.1) is 0 Å².